The second-order valence-electron chi connectivity index (χ2n) is 5.22. The van der Waals surface area contributed by atoms with E-state index in [1.807, 2.05) is 13.8 Å². The van der Waals surface area contributed by atoms with Crippen molar-refractivity contribution < 1.29 is 18.0 Å². The Labute approximate surface area is 130 Å². The predicted octanol–water partition coefficient (Wildman–Crippen LogP) is 4.17. The van der Waals surface area contributed by atoms with Gasteiger partial charge in [-0.3, -0.25) is 4.79 Å². The highest BCUT2D eigenvalue weighted by atomic mass is 32.1. The van der Waals surface area contributed by atoms with E-state index >= 15 is 0 Å². The molecule has 0 radical (unpaired) electrons. The molecule has 1 amide bonds. The number of rotatable bonds is 4. The molecule has 1 aromatic carbocycles. The number of benzene rings is 1. The summed E-state index contributed by atoms with van der Waals surface area (Å²) in [6, 6.07) is 0.842. The van der Waals surface area contributed by atoms with Gasteiger partial charge in [0.2, 0.25) is 5.91 Å². The summed E-state index contributed by atoms with van der Waals surface area (Å²) in [6.07, 6.45) is 1.19. The molecule has 0 aliphatic heterocycles. The van der Waals surface area contributed by atoms with Gasteiger partial charge in [-0.25, -0.2) is 18.2 Å². The maximum atomic E-state index is 13.7. The van der Waals surface area contributed by atoms with Gasteiger partial charge in [-0.15, -0.1) is 11.3 Å². The van der Waals surface area contributed by atoms with E-state index < -0.39 is 35.3 Å². The zero-order chi connectivity index (χ0) is 16.4. The number of aromatic nitrogens is 1. The van der Waals surface area contributed by atoms with Gasteiger partial charge in [0.1, 0.15) is 5.82 Å². The molecule has 0 bridgehead atoms. The molecule has 0 unspecified atom stereocenters. The van der Waals surface area contributed by atoms with Crippen LogP contribution >= 0.6 is 11.3 Å². The number of anilines is 1. The maximum absolute atomic E-state index is 13.7. The van der Waals surface area contributed by atoms with Gasteiger partial charge < -0.3 is 5.32 Å². The lowest BCUT2D eigenvalue weighted by molar-refractivity contribution is -0.115. The van der Waals surface area contributed by atoms with Crippen LogP contribution in [0.15, 0.2) is 12.3 Å². The van der Waals surface area contributed by atoms with Gasteiger partial charge in [0.25, 0.3) is 0 Å². The molecule has 2 aromatic rings. The number of nitrogens with zero attached hydrogens (tertiary/aromatic N) is 1. The standard InChI is InChI=1S/C15H15F3N2OS/c1-7(2)11-6-19-15(22-11)20-12(21)5-9-4-10(16)8(3)13(17)14(9)18/h4,6-7H,5H2,1-3H3,(H,19,20,21). The monoisotopic (exact) mass is 328 g/mol. The summed E-state index contributed by atoms with van der Waals surface area (Å²) in [5, 5.41) is 2.88. The van der Waals surface area contributed by atoms with Gasteiger partial charge in [0.05, 0.1) is 6.42 Å². The lowest BCUT2D eigenvalue weighted by Gasteiger charge is -2.07. The van der Waals surface area contributed by atoms with Crippen molar-refractivity contribution in [2.24, 2.45) is 0 Å². The second kappa shape index (κ2) is 6.48. The maximum Gasteiger partial charge on any atom is 0.230 e. The van der Waals surface area contributed by atoms with E-state index in [0.29, 0.717) is 5.13 Å². The molecule has 22 heavy (non-hydrogen) atoms. The van der Waals surface area contributed by atoms with E-state index in [1.54, 1.807) is 6.20 Å². The van der Waals surface area contributed by atoms with E-state index in [1.165, 1.54) is 11.3 Å². The molecule has 0 atom stereocenters. The minimum Gasteiger partial charge on any atom is -0.302 e. The molecular weight excluding hydrogens is 313 g/mol. The van der Waals surface area contributed by atoms with Gasteiger partial charge in [0.15, 0.2) is 16.8 Å². The average Bonchev–Trinajstić information content (AvgIpc) is 2.91. The van der Waals surface area contributed by atoms with Crippen LogP contribution in [0.3, 0.4) is 0 Å². The van der Waals surface area contributed by atoms with Crippen molar-refractivity contribution in [1.29, 1.82) is 0 Å². The third-order valence-corrected chi connectivity index (χ3v) is 4.37. The number of hydrogen-bond donors (Lipinski definition) is 1. The number of hydrogen-bond acceptors (Lipinski definition) is 3. The third kappa shape index (κ3) is 3.47. The molecule has 1 N–H and O–H groups in total. The van der Waals surface area contributed by atoms with E-state index in [4.69, 9.17) is 0 Å². The topological polar surface area (TPSA) is 42.0 Å². The van der Waals surface area contributed by atoms with Crippen LogP contribution in [0, 0.1) is 24.4 Å². The van der Waals surface area contributed by atoms with Crippen molar-refractivity contribution in [1.82, 2.24) is 4.98 Å². The highest BCUT2D eigenvalue weighted by Crippen LogP contribution is 2.25. The molecule has 0 saturated heterocycles. The first kappa shape index (κ1) is 16.5. The molecule has 0 aliphatic rings. The molecule has 0 fully saturated rings. The summed E-state index contributed by atoms with van der Waals surface area (Å²) < 4.78 is 40.6. The minimum atomic E-state index is -1.26. The Hall–Kier alpha value is -1.89. The van der Waals surface area contributed by atoms with E-state index in [-0.39, 0.29) is 11.5 Å². The van der Waals surface area contributed by atoms with Gasteiger partial charge in [-0.1, -0.05) is 13.8 Å². The largest absolute Gasteiger partial charge is 0.302 e. The summed E-state index contributed by atoms with van der Waals surface area (Å²) in [6.45, 7) is 5.12. The van der Waals surface area contributed by atoms with Gasteiger partial charge in [-0.05, 0) is 18.9 Å². The predicted molar refractivity (Wildman–Crippen MR) is 79.6 cm³/mol. The molecule has 2 rings (SSSR count). The lowest BCUT2D eigenvalue weighted by Crippen LogP contribution is -2.16. The first-order chi connectivity index (χ1) is 10.3. The fourth-order valence-electron chi connectivity index (χ4n) is 1.81. The van der Waals surface area contributed by atoms with Gasteiger partial charge in [0, 0.05) is 22.2 Å². The van der Waals surface area contributed by atoms with Crippen LogP contribution in [0.1, 0.15) is 35.8 Å². The number of thiazole rings is 1. The lowest BCUT2D eigenvalue weighted by atomic mass is 10.1. The average molecular weight is 328 g/mol. The summed E-state index contributed by atoms with van der Waals surface area (Å²) in [7, 11) is 0. The quantitative estimate of drug-likeness (QED) is 0.856. The molecule has 0 aliphatic carbocycles. The third-order valence-electron chi connectivity index (χ3n) is 3.15. The highest BCUT2D eigenvalue weighted by molar-refractivity contribution is 7.15. The van der Waals surface area contributed by atoms with Crippen molar-refractivity contribution >= 4 is 22.4 Å². The van der Waals surface area contributed by atoms with Crippen LogP contribution in [0.2, 0.25) is 0 Å². The van der Waals surface area contributed by atoms with Gasteiger partial charge in [-0.2, -0.15) is 0 Å². The minimum absolute atomic E-state index is 0.279. The normalized spacial score (nSPS) is 11.0. The van der Waals surface area contributed by atoms with Crippen LogP contribution < -0.4 is 5.32 Å². The highest BCUT2D eigenvalue weighted by Gasteiger charge is 2.18. The van der Waals surface area contributed by atoms with Crippen LogP contribution in [0.4, 0.5) is 18.3 Å². The zero-order valence-electron chi connectivity index (χ0n) is 12.3. The molecular formula is C15H15F3N2OS. The van der Waals surface area contributed by atoms with Crippen molar-refractivity contribution in [2.45, 2.75) is 33.1 Å². The summed E-state index contributed by atoms with van der Waals surface area (Å²) in [5.74, 6) is -3.64. The molecule has 1 heterocycles. The van der Waals surface area contributed by atoms with Crippen LogP contribution in [-0.4, -0.2) is 10.9 Å². The summed E-state index contributed by atoms with van der Waals surface area (Å²) >= 11 is 1.31. The molecule has 0 spiro atoms. The molecule has 7 heteroatoms. The van der Waals surface area contributed by atoms with E-state index in [0.717, 1.165) is 17.9 Å². The van der Waals surface area contributed by atoms with Gasteiger partial charge >= 0.3 is 0 Å². The Morgan fingerprint density at radius 1 is 1.32 bits per heavy atom. The molecule has 0 saturated carbocycles. The zero-order valence-corrected chi connectivity index (χ0v) is 13.2. The van der Waals surface area contributed by atoms with Crippen molar-refractivity contribution in [3.05, 3.63) is 45.7 Å². The van der Waals surface area contributed by atoms with E-state index in [2.05, 4.69) is 10.3 Å². The Bertz CT molecular complexity index is 713. The first-order valence-electron chi connectivity index (χ1n) is 6.68. The van der Waals surface area contributed by atoms with E-state index in [9.17, 15) is 18.0 Å². The molecule has 3 nitrogen and oxygen atoms in total. The molecule has 118 valence electrons. The Morgan fingerprint density at radius 3 is 2.59 bits per heavy atom. The smallest absolute Gasteiger partial charge is 0.230 e. The van der Waals surface area contributed by atoms with Crippen LogP contribution in [0.5, 0.6) is 0 Å². The summed E-state index contributed by atoms with van der Waals surface area (Å²) in [5.41, 5.74) is -0.720. The molecule has 1 aromatic heterocycles. The van der Waals surface area contributed by atoms with Crippen molar-refractivity contribution in [3.8, 4) is 0 Å². The first-order valence-corrected chi connectivity index (χ1v) is 7.49. The summed E-state index contributed by atoms with van der Waals surface area (Å²) in [4.78, 5) is 16.9. The Balaban J connectivity index is 2.12. The number of carbonyl (C=O) groups excluding carboxylic acids is 1. The van der Waals surface area contributed by atoms with Crippen molar-refractivity contribution in [2.75, 3.05) is 5.32 Å². The SMILES string of the molecule is Cc1c(F)cc(CC(=O)Nc2ncc(C(C)C)s2)c(F)c1F. The number of amides is 1. The second-order valence-corrected chi connectivity index (χ2v) is 6.28. The number of halogens is 3. The Morgan fingerprint density at radius 2 is 2.00 bits per heavy atom. The Kier molecular flexibility index (Phi) is 4.85. The van der Waals surface area contributed by atoms with Crippen LogP contribution in [0.25, 0.3) is 0 Å². The number of nitrogens with one attached hydrogen (secondary N) is 1. The fraction of sp³-hybridized carbons (Fsp3) is 0.333. The number of carbonyl (C=O) groups is 1. The fourth-order valence-corrected chi connectivity index (χ4v) is 2.65. The van der Waals surface area contributed by atoms with Crippen LogP contribution in [-0.2, 0) is 11.2 Å². The van der Waals surface area contributed by atoms with Crippen molar-refractivity contribution in [3.63, 3.8) is 0 Å².